The molecule has 1 saturated carbocycles. The van der Waals surface area contributed by atoms with Gasteiger partial charge in [-0.05, 0) is 66.1 Å². The number of pyridine rings is 1. The molecule has 4 nitrogen and oxygen atoms in total. The Bertz CT molecular complexity index is 885. The smallest absolute Gasteiger partial charge is 0.265 e. The van der Waals surface area contributed by atoms with Crippen molar-refractivity contribution in [3.05, 3.63) is 67.5 Å². The van der Waals surface area contributed by atoms with Gasteiger partial charge in [0.1, 0.15) is 0 Å². The number of halogens is 1. The standard InChI is InChI=1S/C22H27BrN2O2/c1-4-13-25-15(3)18(14(2)19(23)22(25)27)21(26)24-20(17-11-8-12-17)16-9-6-5-7-10-16/h5-7,9-10,17,20H,4,8,11-13H2,1-3H3,(H,24,26)/t20-/m1/s1. The molecule has 1 N–H and O–H groups in total. The summed E-state index contributed by atoms with van der Waals surface area (Å²) in [6.07, 6.45) is 4.33. The number of carbonyl (C=O) groups is 1. The molecule has 1 aliphatic carbocycles. The Hall–Kier alpha value is -1.88. The van der Waals surface area contributed by atoms with Gasteiger partial charge in [0.05, 0.1) is 16.1 Å². The summed E-state index contributed by atoms with van der Waals surface area (Å²) in [7, 11) is 0. The number of carbonyl (C=O) groups excluding carboxylic acids is 1. The maximum atomic E-state index is 13.3. The Morgan fingerprint density at radius 3 is 2.48 bits per heavy atom. The summed E-state index contributed by atoms with van der Waals surface area (Å²) >= 11 is 3.40. The molecule has 5 heteroatoms. The number of hydrogen-bond acceptors (Lipinski definition) is 2. The van der Waals surface area contributed by atoms with E-state index in [-0.39, 0.29) is 17.5 Å². The van der Waals surface area contributed by atoms with Crippen LogP contribution >= 0.6 is 15.9 Å². The number of aromatic nitrogens is 1. The first kappa shape index (κ1) is 19.9. The van der Waals surface area contributed by atoms with Crippen molar-refractivity contribution in [2.45, 2.75) is 59.0 Å². The highest BCUT2D eigenvalue weighted by molar-refractivity contribution is 9.10. The molecule has 0 spiro atoms. The van der Waals surface area contributed by atoms with Crippen molar-refractivity contribution < 1.29 is 4.79 Å². The molecule has 0 saturated heterocycles. The molecule has 1 heterocycles. The molecule has 0 bridgehead atoms. The van der Waals surface area contributed by atoms with Crippen LogP contribution in [0.25, 0.3) is 0 Å². The molecule has 27 heavy (non-hydrogen) atoms. The van der Waals surface area contributed by atoms with Crippen LogP contribution < -0.4 is 10.9 Å². The predicted octanol–water partition coefficient (Wildman–Crippen LogP) is 4.91. The average Bonchev–Trinajstić information content (AvgIpc) is 2.62. The van der Waals surface area contributed by atoms with Gasteiger partial charge in [-0.1, -0.05) is 43.7 Å². The number of nitrogens with zero attached hydrogens (tertiary/aromatic N) is 1. The van der Waals surface area contributed by atoms with Gasteiger partial charge in [-0.3, -0.25) is 9.59 Å². The molecule has 144 valence electrons. The lowest BCUT2D eigenvalue weighted by molar-refractivity contribution is 0.0898. The lowest BCUT2D eigenvalue weighted by atomic mass is 9.77. The Labute approximate surface area is 169 Å². The molecule has 1 amide bonds. The van der Waals surface area contributed by atoms with Gasteiger partial charge in [0.2, 0.25) is 0 Å². The lowest BCUT2D eigenvalue weighted by Gasteiger charge is -2.35. The highest BCUT2D eigenvalue weighted by Gasteiger charge is 2.31. The molecule has 0 aliphatic heterocycles. The molecule has 1 atom stereocenters. The van der Waals surface area contributed by atoms with Gasteiger partial charge in [0.15, 0.2) is 0 Å². The number of benzene rings is 1. The summed E-state index contributed by atoms with van der Waals surface area (Å²) in [5.41, 5.74) is 3.13. The Morgan fingerprint density at radius 1 is 1.26 bits per heavy atom. The van der Waals surface area contributed by atoms with E-state index in [0.29, 0.717) is 28.1 Å². The molecular formula is C22H27BrN2O2. The molecule has 1 fully saturated rings. The van der Waals surface area contributed by atoms with Crippen molar-refractivity contribution in [2.75, 3.05) is 0 Å². The van der Waals surface area contributed by atoms with Crippen LogP contribution in [0.3, 0.4) is 0 Å². The van der Waals surface area contributed by atoms with Crippen molar-refractivity contribution in [1.29, 1.82) is 0 Å². The largest absolute Gasteiger partial charge is 0.345 e. The third-order valence-electron chi connectivity index (χ3n) is 5.64. The maximum Gasteiger partial charge on any atom is 0.265 e. The minimum atomic E-state index is -0.101. The van der Waals surface area contributed by atoms with Crippen molar-refractivity contribution in [2.24, 2.45) is 5.92 Å². The summed E-state index contributed by atoms with van der Waals surface area (Å²) in [5, 5.41) is 3.27. The first-order valence-electron chi connectivity index (χ1n) is 9.71. The number of amides is 1. The number of hydrogen-bond donors (Lipinski definition) is 1. The summed E-state index contributed by atoms with van der Waals surface area (Å²) in [5.74, 6) is 0.373. The Balaban J connectivity index is 1.98. The molecular weight excluding hydrogens is 404 g/mol. The third kappa shape index (κ3) is 3.88. The van der Waals surface area contributed by atoms with Crippen molar-refractivity contribution in [3.63, 3.8) is 0 Å². The first-order valence-corrected chi connectivity index (χ1v) is 10.5. The second-order valence-corrected chi connectivity index (χ2v) is 8.20. The normalized spacial score (nSPS) is 15.3. The van der Waals surface area contributed by atoms with Crippen LogP contribution in [-0.4, -0.2) is 10.5 Å². The summed E-state index contributed by atoms with van der Waals surface area (Å²) < 4.78 is 2.18. The molecule has 2 aromatic rings. The fraction of sp³-hybridized carbons (Fsp3) is 0.455. The Morgan fingerprint density at radius 2 is 1.93 bits per heavy atom. The van der Waals surface area contributed by atoms with Crippen LogP contribution in [-0.2, 0) is 6.54 Å². The highest BCUT2D eigenvalue weighted by atomic mass is 79.9. The summed E-state index contributed by atoms with van der Waals surface area (Å²) in [6, 6.07) is 10.2. The number of nitrogens with one attached hydrogen (secondary N) is 1. The third-order valence-corrected chi connectivity index (χ3v) is 6.58. The zero-order chi connectivity index (χ0) is 19.6. The van der Waals surface area contributed by atoms with E-state index < -0.39 is 0 Å². The van der Waals surface area contributed by atoms with Crippen molar-refractivity contribution in [1.82, 2.24) is 9.88 Å². The summed E-state index contributed by atoms with van der Waals surface area (Å²) in [4.78, 5) is 25.9. The average molecular weight is 431 g/mol. The quantitative estimate of drug-likeness (QED) is 0.707. The fourth-order valence-electron chi connectivity index (χ4n) is 3.90. The maximum absolute atomic E-state index is 13.3. The minimum Gasteiger partial charge on any atom is -0.345 e. The van der Waals surface area contributed by atoms with E-state index in [0.717, 1.165) is 30.5 Å². The molecule has 1 aliphatic rings. The van der Waals surface area contributed by atoms with E-state index in [4.69, 9.17) is 0 Å². The zero-order valence-corrected chi connectivity index (χ0v) is 17.8. The van der Waals surface area contributed by atoms with Crippen LogP contribution in [0.2, 0.25) is 0 Å². The zero-order valence-electron chi connectivity index (χ0n) is 16.2. The molecule has 1 aromatic carbocycles. The van der Waals surface area contributed by atoms with Crippen LogP contribution in [0.15, 0.2) is 39.6 Å². The number of rotatable bonds is 6. The van der Waals surface area contributed by atoms with Gasteiger partial charge in [0.25, 0.3) is 11.5 Å². The second kappa shape index (κ2) is 8.42. The molecule has 3 rings (SSSR count). The van der Waals surface area contributed by atoms with E-state index in [2.05, 4.69) is 33.4 Å². The van der Waals surface area contributed by atoms with Gasteiger partial charge in [-0.15, -0.1) is 0 Å². The van der Waals surface area contributed by atoms with E-state index in [9.17, 15) is 9.59 Å². The highest BCUT2D eigenvalue weighted by Crippen LogP contribution is 2.38. The van der Waals surface area contributed by atoms with Gasteiger partial charge in [-0.2, -0.15) is 0 Å². The predicted molar refractivity (Wildman–Crippen MR) is 112 cm³/mol. The summed E-state index contributed by atoms with van der Waals surface area (Å²) in [6.45, 7) is 6.34. The molecule has 1 aromatic heterocycles. The van der Waals surface area contributed by atoms with Crippen LogP contribution in [0.5, 0.6) is 0 Å². The van der Waals surface area contributed by atoms with Crippen molar-refractivity contribution in [3.8, 4) is 0 Å². The van der Waals surface area contributed by atoms with E-state index in [1.807, 2.05) is 39.0 Å². The molecule has 0 unspecified atom stereocenters. The van der Waals surface area contributed by atoms with Gasteiger partial charge < -0.3 is 9.88 Å². The molecule has 0 radical (unpaired) electrons. The van der Waals surface area contributed by atoms with Crippen LogP contribution in [0.1, 0.15) is 65.8 Å². The topological polar surface area (TPSA) is 51.1 Å². The van der Waals surface area contributed by atoms with E-state index >= 15 is 0 Å². The van der Waals surface area contributed by atoms with E-state index in [1.165, 1.54) is 6.42 Å². The van der Waals surface area contributed by atoms with Crippen molar-refractivity contribution >= 4 is 21.8 Å². The SMILES string of the molecule is CCCn1c(C)c(C(=O)N[C@H](c2ccccc2)C2CCC2)c(C)c(Br)c1=O. The Kier molecular flexibility index (Phi) is 6.20. The van der Waals surface area contributed by atoms with Gasteiger partial charge >= 0.3 is 0 Å². The minimum absolute atomic E-state index is 0.0107. The van der Waals surface area contributed by atoms with Gasteiger partial charge in [0, 0.05) is 12.2 Å². The van der Waals surface area contributed by atoms with Crippen LogP contribution in [0, 0.1) is 19.8 Å². The van der Waals surface area contributed by atoms with E-state index in [1.54, 1.807) is 4.57 Å². The second-order valence-electron chi connectivity index (χ2n) is 7.41. The lowest BCUT2D eigenvalue weighted by Crippen LogP contribution is -2.38. The van der Waals surface area contributed by atoms with Gasteiger partial charge in [-0.25, -0.2) is 0 Å². The van der Waals surface area contributed by atoms with Crippen LogP contribution in [0.4, 0.5) is 0 Å². The first-order chi connectivity index (χ1) is 13.0. The fourth-order valence-corrected chi connectivity index (χ4v) is 4.31. The monoisotopic (exact) mass is 430 g/mol.